The predicted molar refractivity (Wildman–Crippen MR) is 46.5 cm³/mol. The van der Waals surface area contributed by atoms with Gasteiger partial charge in [0.2, 0.25) is 0 Å². The largest absolute Gasteiger partial charge is 0.460 e. The minimum absolute atomic E-state index is 0.141. The van der Waals surface area contributed by atoms with Crippen LogP contribution in [0.25, 0.3) is 0 Å². The molecular formula is C9H5F11O3. The number of epoxide rings is 1. The van der Waals surface area contributed by atoms with Crippen molar-refractivity contribution >= 4 is 5.97 Å². The Morgan fingerprint density at radius 2 is 1.30 bits per heavy atom. The van der Waals surface area contributed by atoms with Crippen molar-refractivity contribution in [3.8, 4) is 0 Å². The van der Waals surface area contributed by atoms with Crippen molar-refractivity contribution < 1.29 is 62.6 Å². The Morgan fingerprint density at radius 3 is 1.65 bits per heavy atom. The summed E-state index contributed by atoms with van der Waals surface area (Å²) in [5.41, 5.74) is 0. The quantitative estimate of drug-likeness (QED) is 0.410. The van der Waals surface area contributed by atoms with Crippen molar-refractivity contribution in [1.82, 2.24) is 0 Å². The van der Waals surface area contributed by atoms with Gasteiger partial charge in [-0.25, -0.2) is 4.79 Å². The minimum Gasteiger partial charge on any atom is -0.458 e. The lowest BCUT2D eigenvalue weighted by Gasteiger charge is -2.36. The van der Waals surface area contributed by atoms with Gasteiger partial charge in [0.15, 0.2) is 0 Å². The standard InChI is InChI=1S/C9H5F11O3/c10-5(11,4(21)23-2-3-1-22-3)6(12,13)7(14,15)8(16,17)9(18,19)20/h3H,1-2H2. The van der Waals surface area contributed by atoms with E-state index in [1.807, 2.05) is 0 Å². The Labute approximate surface area is 119 Å². The Balaban J connectivity index is 3.11. The van der Waals surface area contributed by atoms with E-state index in [1.165, 1.54) is 0 Å². The molecule has 1 rings (SSSR count). The van der Waals surface area contributed by atoms with Crippen molar-refractivity contribution in [3.05, 3.63) is 0 Å². The van der Waals surface area contributed by atoms with Gasteiger partial charge in [0.25, 0.3) is 0 Å². The molecule has 0 saturated carbocycles. The Kier molecular flexibility index (Phi) is 4.58. The fourth-order valence-corrected chi connectivity index (χ4v) is 1.12. The Bertz CT molecular complexity index is 466. The SMILES string of the molecule is O=C(OCC1CO1)C(F)(F)C(F)(F)C(F)(F)C(F)(F)C(F)(F)F. The second-order valence-electron chi connectivity index (χ2n) is 4.35. The summed E-state index contributed by atoms with van der Waals surface area (Å²) in [4.78, 5) is 10.7. The molecular weight excluding hydrogens is 365 g/mol. The molecule has 0 aromatic carbocycles. The van der Waals surface area contributed by atoms with Crippen LogP contribution in [-0.2, 0) is 14.3 Å². The highest BCUT2D eigenvalue weighted by atomic mass is 19.4. The summed E-state index contributed by atoms with van der Waals surface area (Å²) in [6.07, 6.45) is -8.26. The van der Waals surface area contributed by atoms with Crippen LogP contribution in [-0.4, -0.2) is 55.2 Å². The molecule has 1 heterocycles. The van der Waals surface area contributed by atoms with Gasteiger partial charge >= 0.3 is 35.8 Å². The average Bonchev–Trinajstić information content (AvgIpc) is 3.17. The third-order valence-electron chi connectivity index (χ3n) is 2.60. The lowest BCUT2D eigenvalue weighted by atomic mass is 9.98. The van der Waals surface area contributed by atoms with Crippen LogP contribution in [0.3, 0.4) is 0 Å². The highest BCUT2D eigenvalue weighted by Gasteiger charge is 2.88. The summed E-state index contributed by atoms with van der Waals surface area (Å²) in [6.45, 7) is -1.23. The maximum atomic E-state index is 13.0. The molecule has 0 amide bonds. The zero-order valence-corrected chi connectivity index (χ0v) is 10.4. The molecule has 14 heteroatoms. The molecule has 23 heavy (non-hydrogen) atoms. The van der Waals surface area contributed by atoms with Crippen LogP contribution in [0.4, 0.5) is 48.3 Å². The minimum atomic E-state index is -7.63. The second-order valence-corrected chi connectivity index (χ2v) is 4.35. The summed E-state index contributed by atoms with van der Waals surface area (Å²) in [7, 11) is 0. The van der Waals surface area contributed by atoms with Gasteiger partial charge in [0.05, 0.1) is 6.61 Å². The van der Waals surface area contributed by atoms with Gasteiger partial charge in [-0.1, -0.05) is 0 Å². The van der Waals surface area contributed by atoms with Crippen LogP contribution in [0.2, 0.25) is 0 Å². The van der Waals surface area contributed by atoms with Gasteiger partial charge in [0, 0.05) is 0 Å². The van der Waals surface area contributed by atoms with Crippen molar-refractivity contribution in [3.63, 3.8) is 0 Å². The first-order chi connectivity index (χ1) is 10.00. The van der Waals surface area contributed by atoms with Gasteiger partial charge in [-0.2, -0.15) is 48.3 Å². The molecule has 1 aliphatic rings. The topological polar surface area (TPSA) is 38.8 Å². The Hall–Kier alpha value is -1.34. The molecule has 1 saturated heterocycles. The van der Waals surface area contributed by atoms with Crippen molar-refractivity contribution in [2.24, 2.45) is 0 Å². The molecule has 1 fully saturated rings. The molecule has 136 valence electrons. The molecule has 0 bridgehead atoms. The number of halogens is 11. The monoisotopic (exact) mass is 370 g/mol. The summed E-state index contributed by atoms with van der Waals surface area (Å²) in [5, 5.41) is 0. The van der Waals surface area contributed by atoms with E-state index in [9.17, 15) is 53.1 Å². The van der Waals surface area contributed by atoms with Crippen molar-refractivity contribution in [2.45, 2.75) is 36.0 Å². The summed E-state index contributed by atoms with van der Waals surface area (Å²) in [5.74, 6) is -32.6. The summed E-state index contributed by atoms with van der Waals surface area (Å²) >= 11 is 0. The van der Waals surface area contributed by atoms with Gasteiger partial charge in [-0.15, -0.1) is 0 Å². The molecule has 1 unspecified atom stereocenters. The van der Waals surface area contributed by atoms with E-state index in [1.54, 1.807) is 0 Å². The molecule has 0 aromatic heterocycles. The van der Waals surface area contributed by atoms with Gasteiger partial charge in [0.1, 0.15) is 12.7 Å². The van der Waals surface area contributed by atoms with Crippen LogP contribution in [0.15, 0.2) is 0 Å². The molecule has 0 aromatic rings. The molecule has 3 nitrogen and oxygen atoms in total. The molecule has 0 radical (unpaired) electrons. The third kappa shape index (κ3) is 3.04. The number of esters is 1. The highest BCUT2D eigenvalue weighted by Crippen LogP contribution is 2.57. The van der Waals surface area contributed by atoms with Gasteiger partial charge in [-0.05, 0) is 0 Å². The fourth-order valence-electron chi connectivity index (χ4n) is 1.12. The Morgan fingerprint density at radius 1 is 0.870 bits per heavy atom. The number of carbonyl (C=O) groups is 1. The van der Waals surface area contributed by atoms with E-state index in [0.29, 0.717) is 0 Å². The second kappa shape index (κ2) is 5.34. The van der Waals surface area contributed by atoms with Crippen LogP contribution in [0, 0.1) is 0 Å². The number of rotatable bonds is 6. The molecule has 0 N–H and O–H groups in total. The van der Waals surface area contributed by atoms with Crippen molar-refractivity contribution in [1.29, 1.82) is 0 Å². The zero-order valence-electron chi connectivity index (χ0n) is 10.4. The first kappa shape index (κ1) is 19.7. The number of hydrogen-bond acceptors (Lipinski definition) is 3. The molecule has 1 aliphatic heterocycles. The summed E-state index contributed by atoms with van der Waals surface area (Å²) < 4.78 is 146. The van der Waals surface area contributed by atoms with Crippen LogP contribution in [0.5, 0.6) is 0 Å². The normalized spacial score (nSPS) is 20.4. The maximum absolute atomic E-state index is 13.0. The van der Waals surface area contributed by atoms with Crippen LogP contribution in [0.1, 0.15) is 0 Å². The zero-order chi connectivity index (χ0) is 18.5. The predicted octanol–water partition coefficient (Wildman–Crippen LogP) is 3.03. The third-order valence-corrected chi connectivity index (χ3v) is 2.60. The number of ether oxygens (including phenoxy) is 2. The fraction of sp³-hybridized carbons (Fsp3) is 0.889. The highest BCUT2D eigenvalue weighted by molar-refractivity contribution is 5.79. The van der Waals surface area contributed by atoms with E-state index in [0.717, 1.165) is 0 Å². The van der Waals surface area contributed by atoms with E-state index in [2.05, 4.69) is 9.47 Å². The van der Waals surface area contributed by atoms with Crippen LogP contribution < -0.4 is 0 Å². The first-order valence-corrected chi connectivity index (χ1v) is 5.37. The van der Waals surface area contributed by atoms with Gasteiger partial charge < -0.3 is 9.47 Å². The number of alkyl halides is 11. The lowest BCUT2D eigenvalue weighted by Crippen LogP contribution is -2.68. The van der Waals surface area contributed by atoms with E-state index in [4.69, 9.17) is 0 Å². The molecule has 0 aliphatic carbocycles. The van der Waals surface area contributed by atoms with E-state index < -0.39 is 48.5 Å². The first-order valence-electron chi connectivity index (χ1n) is 5.37. The number of hydrogen-bond donors (Lipinski definition) is 0. The number of carbonyl (C=O) groups excluding carboxylic acids is 1. The van der Waals surface area contributed by atoms with E-state index in [-0.39, 0.29) is 6.61 Å². The molecule has 1 atom stereocenters. The lowest BCUT2D eigenvalue weighted by molar-refractivity contribution is -0.418. The van der Waals surface area contributed by atoms with E-state index >= 15 is 0 Å². The molecule has 0 spiro atoms. The maximum Gasteiger partial charge on any atom is 0.460 e. The average molecular weight is 370 g/mol. The van der Waals surface area contributed by atoms with Crippen molar-refractivity contribution in [2.75, 3.05) is 13.2 Å². The van der Waals surface area contributed by atoms with Crippen LogP contribution >= 0.6 is 0 Å². The summed E-state index contributed by atoms with van der Waals surface area (Å²) in [6, 6.07) is 0. The smallest absolute Gasteiger partial charge is 0.458 e. The van der Waals surface area contributed by atoms with Gasteiger partial charge in [-0.3, -0.25) is 0 Å².